The first-order valence-electron chi connectivity index (χ1n) is 6.86. The van der Waals surface area contributed by atoms with Gasteiger partial charge in [-0.2, -0.15) is 0 Å². The van der Waals surface area contributed by atoms with E-state index >= 15 is 0 Å². The van der Waals surface area contributed by atoms with Gasteiger partial charge in [0.05, 0.1) is 12.7 Å². The highest BCUT2D eigenvalue weighted by atomic mass is 16.5. The third kappa shape index (κ3) is 2.53. The summed E-state index contributed by atoms with van der Waals surface area (Å²) in [5.41, 5.74) is 2.92. The third-order valence-corrected chi connectivity index (χ3v) is 3.98. The zero-order valence-electron chi connectivity index (χ0n) is 10.3. The maximum Gasteiger partial charge on any atom is 0.0828 e. The average molecular weight is 231 g/mol. The van der Waals surface area contributed by atoms with Crippen LogP contribution in [0, 0.1) is 0 Å². The summed E-state index contributed by atoms with van der Waals surface area (Å²) in [6, 6.07) is 9.35. The molecule has 0 bridgehead atoms. The number of hydrogen-bond acceptors (Lipinski definition) is 2. The monoisotopic (exact) mass is 231 g/mol. The minimum Gasteiger partial charge on any atom is -0.372 e. The smallest absolute Gasteiger partial charge is 0.0828 e. The molecule has 17 heavy (non-hydrogen) atoms. The normalized spacial score (nSPS) is 28.0. The van der Waals surface area contributed by atoms with Gasteiger partial charge >= 0.3 is 0 Å². The van der Waals surface area contributed by atoms with Crippen molar-refractivity contribution >= 4 is 0 Å². The first kappa shape index (κ1) is 11.2. The number of hydrogen-bond donors (Lipinski definition) is 1. The van der Waals surface area contributed by atoms with Crippen LogP contribution in [-0.2, 0) is 11.2 Å². The third-order valence-electron chi connectivity index (χ3n) is 3.98. The lowest BCUT2D eigenvalue weighted by atomic mass is 9.89. The Bertz CT molecular complexity index is 371. The topological polar surface area (TPSA) is 21.3 Å². The molecule has 92 valence electrons. The van der Waals surface area contributed by atoms with E-state index in [1.807, 2.05) is 0 Å². The molecule has 0 saturated carbocycles. The van der Waals surface area contributed by atoms with Gasteiger partial charge in [0.15, 0.2) is 0 Å². The van der Waals surface area contributed by atoms with Crippen LogP contribution in [-0.4, -0.2) is 19.2 Å². The average Bonchev–Trinajstić information content (AvgIpc) is 2.89. The van der Waals surface area contributed by atoms with Gasteiger partial charge < -0.3 is 10.1 Å². The SMILES string of the molecule is c1ccc2c(c1)CCCC2OC[C@H]1CCCN1. The highest BCUT2D eigenvalue weighted by molar-refractivity contribution is 5.31. The van der Waals surface area contributed by atoms with Crippen LogP contribution in [0.25, 0.3) is 0 Å². The molecule has 1 N–H and O–H groups in total. The summed E-state index contributed by atoms with van der Waals surface area (Å²) in [6.07, 6.45) is 6.58. The van der Waals surface area contributed by atoms with Crippen molar-refractivity contribution in [1.82, 2.24) is 5.32 Å². The summed E-state index contributed by atoms with van der Waals surface area (Å²) < 4.78 is 6.13. The molecule has 0 radical (unpaired) electrons. The van der Waals surface area contributed by atoms with E-state index in [1.54, 1.807) is 0 Å². The number of aryl methyl sites for hydroxylation is 1. The van der Waals surface area contributed by atoms with E-state index in [9.17, 15) is 0 Å². The van der Waals surface area contributed by atoms with Crippen LogP contribution in [0.1, 0.15) is 42.9 Å². The van der Waals surface area contributed by atoms with E-state index < -0.39 is 0 Å². The van der Waals surface area contributed by atoms with Gasteiger partial charge in [-0.1, -0.05) is 24.3 Å². The van der Waals surface area contributed by atoms with Crippen LogP contribution in [0.4, 0.5) is 0 Å². The number of fused-ring (bicyclic) bond motifs is 1. The Morgan fingerprint density at radius 1 is 1.18 bits per heavy atom. The van der Waals surface area contributed by atoms with Gasteiger partial charge in [-0.3, -0.25) is 0 Å². The van der Waals surface area contributed by atoms with Crippen molar-refractivity contribution in [3.8, 4) is 0 Å². The fraction of sp³-hybridized carbons (Fsp3) is 0.600. The number of benzene rings is 1. The first-order chi connectivity index (χ1) is 8.43. The second-order valence-corrected chi connectivity index (χ2v) is 5.21. The van der Waals surface area contributed by atoms with Gasteiger partial charge in [-0.15, -0.1) is 0 Å². The number of rotatable bonds is 3. The Morgan fingerprint density at radius 2 is 2.12 bits per heavy atom. The second kappa shape index (κ2) is 5.19. The molecule has 2 aliphatic rings. The Hall–Kier alpha value is -0.860. The van der Waals surface area contributed by atoms with Crippen molar-refractivity contribution in [1.29, 1.82) is 0 Å². The van der Waals surface area contributed by atoms with Gasteiger partial charge in [-0.05, 0) is 49.8 Å². The van der Waals surface area contributed by atoms with E-state index in [1.165, 1.54) is 43.2 Å². The molecular weight excluding hydrogens is 210 g/mol. The van der Waals surface area contributed by atoms with Crippen LogP contribution in [0.3, 0.4) is 0 Å². The zero-order valence-corrected chi connectivity index (χ0v) is 10.3. The lowest BCUT2D eigenvalue weighted by Gasteiger charge is -2.26. The summed E-state index contributed by atoms with van der Waals surface area (Å²) in [4.78, 5) is 0. The van der Waals surface area contributed by atoms with Crippen molar-refractivity contribution in [3.05, 3.63) is 35.4 Å². The summed E-state index contributed by atoms with van der Waals surface area (Å²) in [5, 5.41) is 3.50. The highest BCUT2D eigenvalue weighted by Crippen LogP contribution is 2.32. The zero-order chi connectivity index (χ0) is 11.5. The summed E-state index contributed by atoms with van der Waals surface area (Å²) >= 11 is 0. The van der Waals surface area contributed by atoms with Crippen LogP contribution in [0.2, 0.25) is 0 Å². The van der Waals surface area contributed by atoms with E-state index in [2.05, 4.69) is 29.6 Å². The molecule has 0 spiro atoms. The fourth-order valence-electron chi connectivity index (χ4n) is 3.01. The van der Waals surface area contributed by atoms with Crippen molar-refractivity contribution in [3.63, 3.8) is 0 Å². The summed E-state index contributed by atoms with van der Waals surface area (Å²) in [5.74, 6) is 0. The Balaban J connectivity index is 1.64. The predicted octanol–water partition coefficient (Wildman–Crippen LogP) is 2.83. The van der Waals surface area contributed by atoms with Gasteiger partial charge in [0.1, 0.15) is 0 Å². The minimum absolute atomic E-state index is 0.336. The fourth-order valence-corrected chi connectivity index (χ4v) is 3.01. The molecule has 1 aliphatic carbocycles. The molecule has 1 saturated heterocycles. The first-order valence-corrected chi connectivity index (χ1v) is 6.86. The van der Waals surface area contributed by atoms with Gasteiger partial charge in [0.25, 0.3) is 0 Å². The molecule has 1 aromatic carbocycles. The lowest BCUT2D eigenvalue weighted by Crippen LogP contribution is -2.28. The summed E-state index contributed by atoms with van der Waals surface area (Å²) in [6.45, 7) is 2.04. The van der Waals surface area contributed by atoms with Crippen LogP contribution < -0.4 is 5.32 Å². The van der Waals surface area contributed by atoms with E-state index in [0.717, 1.165) is 13.2 Å². The van der Waals surface area contributed by atoms with E-state index in [4.69, 9.17) is 4.74 Å². The molecule has 2 atom stereocenters. The molecule has 1 aliphatic heterocycles. The van der Waals surface area contributed by atoms with Gasteiger partial charge in [0.2, 0.25) is 0 Å². The molecular formula is C15H21NO. The highest BCUT2D eigenvalue weighted by Gasteiger charge is 2.22. The van der Waals surface area contributed by atoms with Crippen molar-refractivity contribution in [2.45, 2.75) is 44.2 Å². The molecule has 0 aromatic heterocycles. The van der Waals surface area contributed by atoms with Crippen molar-refractivity contribution in [2.24, 2.45) is 0 Å². The largest absolute Gasteiger partial charge is 0.372 e. The Labute approximate surface area is 103 Å². The minimum atomic E-state index is 0.336. The molecule has 0 amide bonds. The maximum absolute atomic E-state index is 6.13. The number of ether oxygens (including phenoxy) is 1. The molecule has 2 nitrogen and oxygen atoms in total. The van der Waals surface area contributed by atoms with Crippen LogP contribution >= 0.6 is 0 Å². The number of nitrogens with one attached hydrogen (secondary N) is 1. The Morgan fingerprint density at radius 3 is 3.00 bits per heavy atom. The summed E-state index contributed by atoms with van der Waals surface area (Å²) in [7, 11) is 0. The lowest BCUT2D eigenvalue weighted by molar-refractivity contribution is 0.0294. The quantitative estimate of drug-likeness (QED) is 0.863. The van der Waals surface area contributed by atoms with Crippen molar-refractivity contribution < 1.29 is 4.74 Å². The molecule has 1 unspecified atom stereocenters. The molecule has 1 heterocycles. The van der Waals surface area contributed by atoms with Crippen LogP contribution in [0.5, 0.6) is 0 Å². The predicted molar refractivity (Wildman–Crippen MR) is 69.1 cm³/mol. The molecule has 1 aromatic rings. The van der Waals surface area contributed by atoms with E-state index in [0.29, 0.717) is 12.1 Å². The second-order valence-electron chi connectivity index (χ2n) is 5.21. The maximum atomic E-state index is 6.13. The van der Waals surface area contributed by atoms with Gasteiger partial charge in [-0.25, -0.2) is 0 Å². The standard InChI is InChI=1S/C15H21NO/c1-2-8-14-12(5-1)6-3-9-15(14)17-11-13-7-4-10-16-13/h1-2,5,8,13,15-16H,3-4,6-7,9-11H2/t13-,15?/m1/s1. The van der Waals surface area contributed by atoms with Gasteiger partial charge in [0, 0.05) is 6.04 Å². The molecule has 2 heteroatoms. The molecule has 1 fully saturated rings. The van der Waals surface area contributed by atoms with Crippen molar-refractivity contribution in [2.75, 3.05) is 13.2 Å². The molecule has 3 rings (SSSR count). The Kier molecular flexibility index (Phi) is 3.44. The van der Waals surface area contributed by atoms with Crippen LogP contribution in [0.15, 0.2) is 24.3 Å². The van der Waals surface area contributed by atoms with E-state index in [-0.39, 0.29) is 0 Å².